The van der Waals surface area contributed by atoms with Gasteiger partial charge in [0.05, 0.1) is 22.3 Å². The van der Waals surface area contributed by atoms with Gasteiger partial charge >= 0.3 is 5.97 Å². The van der Waals surface area contributed by atoms with Crippen molar-refractivity contribution in [2.24, 2.45) is 11.0 Å². The van der Waals surface area contributed by atoms with Crippen molar-refractivity contribution in [3.63, 3.8) is 0 Å². The minimum absolute atomic E-state index is 0.112. The summed E-state index contributed by atoms with van der Waals surface area (Å²) < 4.78 is 5.06. The van der Waals surface area contributed by atoms with Crippen LogP contribution in [0, 0.1) is 12.8 Å². The van der Waals surface area contributed by atoms with Crippen molar-refractivity contribution in [1.29, 1.82) is 0 Å². The number of halogens is 2. The lowest BCUT2D eigenvalue weighted by atomic mass is 9.78. The van der Waals surface area contributed by atoms with E-state index in [1.165, 1.54) is 18.2 Å². The van der Waals surface area contributed by atoms with Crippen molar-refractivity contribution in [3.05, 3.63) is 63.6 Å². The summed E-state index contributed by atoms with van der Waals surface area (Å²) in [7, 11) is 0. The lowest BCUT2D eigenvalue weighted by Crippen LogP contribution is -2.48. The van der Waals surface area contributed by atoms with Gasteiger partial charge in [-0.05, 0) is 37.6 Å². The Kier molecular flexibility index (Phi) is 5.03. The van der Waals surface area contributed by atoms with Gasteiger partial charge in [0.1, 0.15) is 5.92 Å². The molecule has 1 saturated heterocycles. The monoisotopic (exact) mass is 445 g/mol. The Bertz CT molecular complexity index is 1100. The molecule has 0 unspecified atom stereocenters. The molecule has 30 heavy (non-hydrogen) atoms. The van der Waals surface area contributed by atoms with Crippen LogP contribution < -0.4 is 10.3 Å². The molecule has 1 N–H and O–H groups in total. The molecule has 2 aliphatic rings. The highest BCUT2D eigenvalue weighted by Crippen LogP contribution is 2.45. The Labute approximate surface area is 182 Å². The molecule has 0 radical (unpaired) electrons. The van der Waals surface area contributed by atoms with Crippen LogP contribution in [0.4, 0.5) is 5.69 Å². The molecular formula is C21H17Cl2N3O4. The SMILES string of the molecule is CCOC(=O)C1=NN[C@]2(c3ccc(C)cc3)C(=O)N(c3ccc(Cl)c(Cl)c3)C(=O)[C@@H]12. The molecule has 2 aromatic carbocycles. The Morgan fingerprint density at radius 1 is 1.17 bits per heavy atom. The molecule has 0 spiro atoms. The number of rotatable bonds is 4. The number of anilines is 1. The van der Waals surface area contributed by atoms with Crippen LogP contribution in [0.25, 0.3) is 0 Å². The molecule has 2 heterocycles. The fourth-order valence-electron chi connectivity index (χ4n) is 3.77. The van der Waals surface area contributed by atoms with Gasteiger partial charge in [0.25, 0.3) is 5.91 Å². The van der Waals surface area contributed by atoms with Gasteiger partial charge in [0.15, 0.2) is 11.3 Å². The van der Waals surface area contributed by atoms with E-state index in [1.54, 1.807) is 19.1 Å². The zero-order valence-corrected chi connectivity index (χ0v) is 17.6. The molecular weight excluding hydrogens is 429 g/mol. The zero-order valence-electron chi connectivity index (χ0n) is 16.1. The topological polar surface area (TPSA) is 88.1 Å². The number of aryl methyl sites for hydroxylation is 1. The maximum absolute atomic E-state index is 13.7. The molecule has 2 amide bonds. The standard InChI is InChI=1S/C21H17Cl2N3O4/c1-3-30-19(28)17-16-18(27)26(13-8-9-14(22)15(23)10-13)20(29)21(16,25-24-17)12-6-4-11(2)5-7-12/h4-10,16,25H,3H2,1-2H3/t16-,21+/m1/s1. The van der Waals surface area contributed by atoms with Crippen molar-refractivity contribution in [2.75, 3.05) is 11.5 Å². The lowest BCUT2D eigenvalue weighted by Gasteiger charge is -2.26. The summed E-state index contributed by atoms with van der Waals surface area (Å²) in [6.45, 7) is 3.67. The summed E-state index contributed by atoms with van der Waals surface area (Å²) in [4.78, 5) is 40.6. The van der Waals surface area contributed by atoms with Crippen LogP contribution in [-0.4, -0.2) is 30.1 Å². The van der Waals surface area contributed by atoms with Crippen molar-refractivity contribution < 1.29 is 19.1 Å². The quantitative estimate of drug-likeness (QED) is 0.576. The Morgan fingerprint density at radius 3 is 2.50 bits per heavy atom. The Balaban J connectivity index is 1.87. The smallest absolute Gasteiger partial charge is 0.355 e. The minimum atomic E-state index is -1.56. The number of nitrogens with zero attached hydrogens (tertiary/aromatic N) is 2. The van der Waals surface area contributed by atoms with Gasteiger partial charge in [-0.15, -0.1) is 0 Å². The predicted octanol–water partition coefficient (Wildman–Crippen LogP) is 3.21. The van der Waals surface area contributed by atoms with Gasteiger partial charge < -0.3 is 4.74 Å². The van der Waals surface area contributed by atoms with Gasteiger partial charge in [-0.1, -0.05) is 53.0 Å². The maximum Gasteiger partial charge on any atom is 0.355 e. The molecule has 2 aromatic rings. The van der Waals surface area contributed by atoms with E-state index >= 15 is 0 Å². The maximum atomic E-state index is 13.7. The number of nitrogens with one attached hydrogen (secondary N) is 1. The van der Waals surface area contributed by atoms with Crippen LogP contribution in [-0.2, 0) is 24.7 Å². The molecule has 7 nitrogen and oxygen atoms in total. The summed E-state index contributed by atoms with van der Waals surface area (Å²) in [5.41, 5.74) is 2.83. The van der Waals surface area contributed by atoms with E-state index in [0.717, 1.165) is 10.5 Å². The molecule has 1 fully saturated rings. The van der Waals surface area contributed by atoms with Crippen LogP contribution in [0.1, 0.15) is 18.1 Å². The van der Waals surface area contributed by atoms with Crippen LogP contribution in [0.2, 0.25) is 10.0 Å². The second-order valence-electron chi connectivity index (χ2n) is 7.01. The van der Waals surface area contributed by atoms with Gasteiger partial charge in [-0.3, -0.25) is 15.0 Å². The molecule has 4 rings (SSSR count). The van der Waals surface area contributed by atoms with E-state index in [9.17, 15) is 14.4 Å². The average molecular weight is 446 g/mol. The van der Waals surface area contributed by atoms with Crippen LogP contribution in [0.5, 0.6) is 0 Å². The third-order valence-electron chi connectivity index (χ3n) is 5.22. The number of carbonyl (C=O) groups is 3. The summed E-state index contributed by atoms with van der Waals surface area (Å²) in [6, 6.07) is 11.6. The van der Waals surface area contributed by atoms with Crippen molar-refractivity contribution in [3.8, 4) is 0 Å². The second kappa shape index (κ2) is 7.41. The number of carbonyl (C=O) groups excluding carboxylic acids is 3. The molecule has 9 heteroatoms. The molecule has 0 aromatic heterocycles. The van der Waals surface area contributed by atoms with E-state index < -0.39 is 29.2 Å². The fourth-order valence-corrected chi connectivity index (χ4v) is 4.06. The Hall–Kier alpha value is -2.90. The molecule has 0 aliphatic carbocycles. The highest BCUT2D eigenvalue weighted by molar-refractivity contribution is 6.47. The number of hydrazone groups is 1. The van der Waals surface area contributed by atoms with E-state index in [1.807, 2.05) is 19.1 Å². The molecule has 2 aliphatic heterocycles. The van der Waals surface area contributed by atoms with Crippen molar-refractivity contribution in [2.45, 2.75) is 19.4 Å². The third kappa shape index (κ3) is 2.88. The van der Waals surface area contributed by atoms with Crippen LogP contribution >= 0.6 is 23.2 Å². The molecule has 0 bridgehead atoms. The average Bonchev–Trinajstić information content (AvgIpc) is 3.21. The number of hydrogen-bond acceptors (Lipinski definition) is 6. The summed E-state index contributed by atoms with van der Waals surface area (Å²) in [5.74, 6) is -3.10. The van der Waals surface area contributed by atoms with Gasteiger partial charge in [-0.25, -0.2) is 9.69 Å². The number of amides is 2. The van der Waals surface area contributed by atoms with E-state index in [2.05, 4.69) is 10.5 Å². The van der Waals surface area contributed by atoms with Crippen LogP contribution in [0.3, 0.4) is 0 Å². The second-order valence-corrected chi connectivity index (χ2v) is 7.83. The first-order chi connectivity index (χ1) is 14.3. The summed E-state index contributed by atoms with van der Waals surface area (Å²) in [6.07, 6.45) is 0. The normalized spacial score (nSPS) is 22.6. The number of benzene rings is 2. The zero-order chi connectivity index (χ0) is 21.6. The molecule has 154 valence electrons. The highest BCUT2D eigenvalue weighted by Gasteiger charge is 2.67. The van der Waals surface area contributed by atoms with Gasteiger partial charge in [0.2, 0.25) is 5.91 Å². The first kappa shape index (κ1) is 20.4. The van der Waals surface area contributed by atoms with Gasteiger partial charge in [-0.2, -0.15) is 5.10 Å². The van der Waals surface area contributed by atoms with Crippen LogP contribution in [0.15, 0.2) is 47.6 Å². The third-order valence-corrected chi connectivity index (χ3v) is 5.96. The van der Waals surface area contributed by atoms with E-state index in [-0.39, 0.29) is 23.0 Å². The summed E-state index contributed by atoms with van der Waals surface area (Å²) >= 11 is 12.1. The molecule has 0 saturated carbocycles. The fraction of sp³-hybridized carbons (Fsp3) is 0.238. The van der Waals surface area contributed by atoms with E-state index in [4.69, 9.17) is 27.9 Å². The Morgan fingerprint density at radius 2 is 1.87 bits per heavy atom. The van der Waals surface area contributed by atoms with Gasteiger partial charge in [0, 0.05) is 0 Å². The number of imide groups is 1. The first-order valence-corrected chi connectivity index (χ1v) is 9.99. The van der Waals surface area contributed by atoms with Crippen molar-refractivity contribution >= 4 is 52.4 Å². The largest absolute Gasteiger partial charge is 0.461 e. The minimum Gasteiger partial charge on any atom is -0.461 e. The number of ether oxygens (including phenoxy) is 1. The predicted molar refractivity (Wildman–Crippen MR) is 113 cm³/mol. The first-order valence-electron chi connectivity index (χ1n) is 9.23. The lowest BCUT2D eigenvalue weighted by molar-refractivity contribution is -0.136. The number of esters is 1. The highest BCUT2D eigenvalue weighted by atomic mass is 35.5. The van der Waals surface area contributed by atoms with Crippen molar-refractivity contribution in [1.82, 2.24) is 5.43 Å². The van der Waals surface area contributed by atoms with E-state index in [0.29, 0.717) is 10.6 Å². The number of fused-ring (bicyclic) bond motifs is 1. The number of hydrogen-bond donors (Lipinski definition) is 1. The summed E-state index contributed by atoms with van der Waals surface area (Å²) in [5, 5.41) is 4.54. The molecule has 2 atom stereocenters.